The first-order chi connectivity index (χ1) is 11.8. The zero-order chi connectivity index (χ0) is 19.0. The van der Waals surface area contributed by atoms with Crippen LogP contribution in [0.2, 0.25) is 0 Å². The van der Waals surface area contributed by atoms with Gasteiger partial charge in [-0.1, -0.05) is 49.9 Å². The first kappa shape index (κ1) is 20.5. The fraction of sp³-hybridized carbons (Fsp3) is 0.318. The minimum atomic E-state index is 0.152. The third kappa shape index (κ3) is 5.79. The third-order valence-electron chi connectivity index (χ3n) is 4.20. The largest absolute Gasteiger partial charge is 0.402 e. The van der Waals surface area contributed by atoms with Gasteiger partial charge in [0.15, 0.2) is 0 Å². The van der Waals surface area contributed by atoms with Crippen LogP contribution in [0, 0.1) is 0 Å². The number of hydrogen-bond acceptors (Lipinski definition) is 2. The van der Waals surface area contributed by atoms with E-state index in [9.17, 15) is 0 Å². The molecule has 0 radical (unpaired) electrons. The van der Waals surface area contributed by atoms with Crippen LogP contribution >= 0.6 is 0 Å². The molecule has 0 amide bonds. The second-order valence-electron chi connectivity index (χ2n) is 6.32. The van der Waals surface area contributed by atoms with Crippen molar-refractivity contribution < 1.29 is 0 Å². The van der Waals surface area contributed by atoms with E-state index < -0.39 is 0 Å². The van der Waals surface area contributed by atoms with E-state index in [1.54, 1.807) is 0 Å². The summed E-state index contributed by atoms with van der Waals surface area (Å²) in [7, 11) is 0. The molecule has 3 heteroatoms. The summed E-state index contributed by atoms with van der Waals surface area (Å²) >= 11 is 0. The minimum Gasteiger partial charge on any atom is -0.402 e. The lowest BCUT2D eigenvalue weighted by Crippen LogP contribution is -2.11. The van der Waals surface area contributed by atoms with Gasteiger partial charge in [0.05, 0.1) is 11.5 Å². The standard InChI is InChI=1S/C22H31N3/c1-7-19-11-9-10-12-21(19)20(8-2)22(25-18(6)24)17(5)15(3)13-14-16(4)23/h7,9-14,20H,1,8,23H2,2-6H3,(H2,24,25)/b15-13+,16-14-,22-17-. The lowest BCUT2D eigenvalue weighted by molar-refractivity contribution is 0.740. The van der Waals surface area contributed by atoms with Gasteiger partial charge in [-0.25, -0.2) is 4.99 Å². The van der Waals surface area contributed by atoms with E-state index in [1.807, 2.05) is 38.1 Å². The fourth-order valence-corrected chi connectivity index (χ4v) is 2.77. The van der Waals surface area contributed by atoms with E-state index in [-0.39, 0.29) is 5.92 Å². The Labute approximate surface area is 152 Å². The Morgan fingerprint density at radius 3 is 2.28 bits per heavy atom. The van der Waals surface area contributed by atoms with Gasteiger partial charge in [-0.05, 0) is 62.5 Å². The summed E-state index contributed by atoms with van der Waals surface area (Å²) in [6.07, 6.45) is 6.76. The van der Waals surface area contributed by atoms with Crippen LogP contribution in [0.25, 0.3) is 6.08 Å². The van der Waals surface area contributed by atoms with Crippen molar-refractivity contribution in [3.8, 4) is 0 Å². The molecule has 0 aromatic heterocycles. The predicted molar refractivity (Wildman–Crippen MR) is 111 cm³/mol. The first-order valence-electron chi connectivity index (χ1n) is 8.65. The Kier molecular flexibility index (Phi) is 7.93. The number of benzene rings is 1. The zero-order valence-corrected chi connectivity index (χ0v) is 16.1. The lowest BCUT2D eigenvalue weighted by Gasteiger charge is -2.22. The van der Waals surface area contributed by atoms with Crippen LogP contribution in [0.4, 0.5) is 0 Å². The summed E-state index contributed by atoms with van der Waals surface area (Å²) in [5, 5.41) is 0. The van der Waals surface area contributed by atoms with Gasteiger partial charge in [-0.3, -0.25) is 0 Å². The molecule has 0 saturated heterocycles. The smallest absolute Gasteiger partial charge is 0.0961 e. The van der Waals surface area contributed by atoms with Gasteiger partial charge in [0.25, 0.3) is 0 Å². The first-order valence-corrected chi connectivity index (χ1v) is 8.65. The van der Waals surface area contributed by atoms with Crippen molar-refractivity contribution in [2.45, 2.75) is 47.0 Å². The van der Waals surface area contributed by atoms with Crippen molar-refractivity contribution >= 4 is 11.9 Å². The van der Waals surface area contributed by atoms with E-state index in [4.69, 9.17) is 16.5 Å². The van der Waals surface area contributed by atoms with Gasteiger partial charge < -0.3 is 11.5 Å². The average molecular weight is 338 g/mol. The molecular formula is C22H31N3. The highest BCUT2D eigenvalue weighted by molar-refractivity contribution is 5.79. The van der Waals surface area contributed by atoms with Crippen molar-refractivity contribution in [3.05, 3.63) is 76.7 Å². The topological polar surface area (TPSA) is 64.4 Å². The Bertz CT molecular complexity index is 725. The van der Waals surface area contributed by atoms with E-state index >= 15 is 0 Å². The SMILES string of the molecule is C=Cc1ccccc1C(CC)C(/N=C(/C)N)=C(C)/C(C)=C/C=C(/C)N. The third-order valence-corrected chi connectivity index (χ3v) is 4.20. The average Bonchev–Trinajstić information content (AvgIpc) is 2.58. The highest BCUT2D eigenvalue weighted by Gasteiger charge is 2.19. The molecular weight excluding hydrogens is 306 g/mol. The van der Waals surface area contributed by atoms with Crippen molar-refractivity contribution in [1.29, 1.82) is 0 Å². The molecule has 0 spiro atoms. The van der Waals surface area contributed by atoms with Crippen molar-refractivity contribution in [2.75, 3.05) is 0 Å². The summed E-state index contributed by atoms with van der Waals surface area (Å²) in [5.74, 6) is 0.709. The predicted octanol–water partition coefficient (Wildman–Crippen LogP) is 5.28. The van der Waals surface area contributed by atoms with E-state index in [1.165, 1.54) is 5.56 Å². The highest BCUT2D eigenvalue weighted by atomic mass is 14.9. The number of amidine groups is 1. The number of rotatable bonds is 7. The van der Waals surface area contributed by atoms with E-state index in [2.05, 4.69) is 45.5 Å². The normalized spacial score (nSPS) is 15.6. The maximum absolute atomic E-state index is 5.94. The van der Waals surface area contributed by atoms with Crippen molar-refractivity contribution in [2.24, 2.45) is 16.5 Å². The zero-order valence-electron chi connectivity index (χ0n) is 16.1. The molecule has 25 heavy (non-hydrogen) atoms. The molecule has 1 rings (SSSR count). The second-order valence-corrected chi connectivity index (χ2v) is 6.32. The van der Waals surface area contributed by atoms with Gasteiger partial charge >= 0.3 is 0 Å². The molecule has 0 aliphatic heterocycles. The minimum absolute atomic E-state index is 0.152. The molecule has 134 valence electrons. The van der Waals surface area contributed by atoms with Gasteiger partial charge in [-0.2, -0.15) is 0 Å². The Hall–Kier alpha value is -2.55. The summed E-state index contributed by atoms with van der Waals surface area (Å²) in [6.45, 7) is 14.0. The number of hydrogen-bond donors (Lipinski definition) is 2. The van der Waals surface area contributed by atoms with Crippen molar-refractivity contribution in [1.82, 2.24) is 0 Å². The Balaban J connectivity index is 3.59. The van der Waals surface area contributed by atoms with Crippen LogP contribution in [0.1, 0.15) is 58.1 Å². The number of allylic oxidation sites excluding steroid dienone is 6. The molecule has 0 aliphatic carbocycles. The summed E-state index contributed by atoms with van der Waals surface area (Å²) in [6, 6.07) is 8.31. The van der Waals surface area contributed by atoms with Crippen LogP contribution < -0.4 is 11.5 Å². The fourth-order valence-electron chi connectivity index (χ4n) is 2.77. The monoisotopic (exact) mass is 337 g/mol. The maximum atomic E-state index is 5.94. The molecule has 1 aromatic carbocycles. The Morgan fingerprint density at radius 2 is 1.76 bits per heavy atom. The van der Waals surface area contributed by atoms with Crippen LogP contribution in [0.3, 0.4) is 0 Å². The quantitative estimate of drug-likeness (QED) is 0.404. The van der Waals surface area contributed by atoms with Crippen LogP contribution in [0.15, 0.2) is 70.5 Å². The van der Waals surface area contributed by atoms with Gasteiger partial charge in [-0.15, -0.1) is 0 Å². The van der Waals surface area contributed by atoms with Gasteiger partial charge in [0.1, 0.15) is 0 Å². The summed E-state index contributed by atoms with van der Waals surface area (Å²) in [5.41, 5.74) is 18.1. The summed E-state index contributed by atoms with van der Waals surface area (Å²) < 4.78 is 0. The van der Waals surface area contributed by atoms with E-state index in [0.717, 1.165) is 34.5 Å². The molecule has 0 fully saturated rings. The number of nitrogens with two attached hydrogens (primary N) is 2. The molecule has 4 N–H and O–H groups in total. The second kappa shape index (κ2) is 9.67. The molecule has 0 bridgehead atoms. The van der Waals surface area contributed by atoms with Gasteiger partial charge in [0, 0.05) is 11.6 Å². The van der Waals surface area contributed by atoms with Crippen molar-refractivity contribution in [3.63, 3.8) is 0 Å². The van der Waals surface area contributed by atoms with Gasteiger partial charge in [0.2, 0.25) is 0 Å². The molecule has 1 unspecified atom stereocenters. The maximum Gasteiger partial charge on any atom is 0.0961 e. The van der Waals surface area contributed by atoms with Crippen LogP contribution in [-0.4, -0.2) is 5.84 Å². The van der Waals surface area contributed by atoms with Crippen LogP contribution in [-0.2, 0) is 0 Å². The lowest BCUT2D eigenvalue weighted by atomic mass is 9.86. The van der Waals surface area contributed by atoms with E-state index in [0.29, 0.717) is 5.84 Å². The van der Waals surface area contributed by atoms with Crippen LogP contribution in [0.5, 0.6) is 0 Å². The Morgan fingerprint density at radius 1 is 1.12 bits per heavy atom. The molecule has 0 aliphatic rings. The summed E-state index contributed by atoms with van der Waals surface area (Å²) in [4.78, 5) is 4.69. The molecule has 0 saturated carbocycles. The number of nitrogens with zero attached hydrogens (tertiary/aromatic N) is 1. The molecule has 3 nitrogen and oxygen atoms in total. The molecule has 1 aromatic rings. The highest BCUT2D eigenvalue weighted by Crippen LogP contribution is 2.35. The molecule has 1 atom stereocenters. The number of aliphatic imine (C=N–C) groups is 1. The molecule has 0 heterocycles.